The van der Waals surface area contributed by atoms with Gasteiger partial charge >= 0.3 is 5.97 Å². The lowest BCUT2D eigenvalue weighted by atomic mass is 9.42. The van der Waals surface area contributed by atoms with E-state index in [0.29, 0.717) is 51.4 Å². The van der Waals surface area contributed by atoms with Crippen molar-refractivity contribution in [2.75, 3.05) is 6.61 Å². The second-order valence-corrected chi connectivity index (χ2v) is 13.4. The summed E-state index contributed by atoms with van der Waals surface area (Å²) in [5.41, 5.74) is -1.59. The van der Waals surface area contributed by atoms with Crippen LogP contribution in [0.5, 0.6) is 0 Å². The quantitative estimate of drug-likeness (QED) is 0.190. The number of carbonyl (C=O) groups is 2. The molecule has 0 bridgehead atoms. The second-order valence-electron chi connectivity index (χ2n) is 13.4. The molecule has 6 rings (SSSR count). The Kier molecular flexibility index (Phi) is 6.81. The SMILES string of the molecule is C[C@H]1O[C@@H](O[C@H]2CC[C@@]3(C=O)[C@H](CC[C@H]4[C@@H]3[C@H](O)C[C@]3(C)[C@@H](C5=CC(=O)OC5)CC[C@]43O)C2)[C@H](O)[C@H](O)[C@H]1O. The van der Waals surface area contributed by atoms with Gasteiger partial charge in [-0.05, 0) is 81.6 Å². The highest BCUT2D eigenvalue weighted by Gasteiger charge is 2.71. The lowest BCUT2D eigenvalue weighted by Gasteiger charge is -2.64. The zero-order valence-electron chi connectivity index (χ0n) is 22.6. The second kappa shape index (κ2) is 9.58. The molecule has 0 unspecified atom stereocenters. The van der Waals surface area contributed by atoms with Gasteiger partial charge in [-0.3, -0.25) is 0 Å². The van der Waals surface area contributed by atoms with Gasteiger partial charge in [0.15, 0.2) is 6.29 Å². The normalized spacial score (nSPS) is 55.2. The van der Waals surface area contributed by atoms with Crippen LogP contribution in [0.2, 0.25) is 0 Å². The Balaban J connectivity index is 1.22. The summed E-state index contributed by atoms with van der Waals surface area (Å²) >= 11 is 0. The molecule has 4 saturated carbocycles. The van der Waals surface area contributed by atoms with Gasteiger partial charge in [0.1, 0.15) is 31.2 Å². The van der Waals surface area contributed by atoms with Crippen molar-refractivity contribution in [2.24, 2.45) is 34.5 Å². The first-order valence-corrected chi connectivity index (χ1v) is 14.5. The Bertz CT molecular complexity index is 1030. The molecule has 4 aliphatic carbocycles. The molecule has 1 saturated heterocycles. The number of cyclic esters (lactones) is 1. The van der Waals surface area contributed by atoms with Gasteiger partial charge < -0.3 is 44.5 Å². The van der Waals surface area contributed by atoms with Gasteiger partial charge in [-0.1, -0.05) is 6.92 Å². The minimum atomic E-state index is -1.39. The number of aliphatic hydroxyl groups excluding tert-OH is 4. The van der Waals surface area contributed by atoms with Gasteiger partial charge in [-0.25, -0.2) is 4.79 Å². The fourth-order valence-electron chi connectivity index (χ4n) is 9.81. The summed E-state index contributed by atoms with van der Waals surface area (Å²) in [5, 5.41) is 54.6. The van der Waals surface area contributed by atoms with E-state index in [4.69, 9.17) is 14.2 Å². The van der Waals surface area contributed by atoms with Crippen molar-refractivity contribution in [2.45, 2.75) is 114 Å². The molecule has 5 N–H and O–H groups in total. The van der Waals surface area contributed by atoms with E-state index in [1.807, 2.05) is 6.92 Å². The zero-order chi connectivity index (χ0) is 27.9. The third-order valence-electron chi connectivity index (χ3n) is 11.8. The molecule has 5 fully saturated rings. The van der Waals surface area contributed by atoms with E-state index in [-0.39, 0.29) is 42.4 Å². The molecule has 218 valence electrons. The van der Waals surface area contributed by atoms with Crippen LogP contribution in [0, 0.1) is 34.5 Å². The molecule has 14 atom stereocenters. The van der Waals surface area contributed by atoms with Gasteiger partial charge in [0.05, 0.1) is 23.9 Å². The molecule has 0 amide bonds. The first kappa shape index (κ1) is 27.8. The van der Waals surface area contributed by atoms with E-state index in [9.17, 15) is 35.1 Å². The molecule has 10 heteroatoms. The van der Waals surface area contributed by atoms with Gasteiger partial charge in [0.2, 0.25) is 0 Å². The van der Waals surface area contributed by atoms with Crippen LogP contribution >= 0.6 is 0 Å². The maximum Gasteiger partial charge on any atom is 0.331 e. The topological polar surface area (TPSA) is 163 Å². The molecule has 39 heavy (non-hydrogen) atoms. The summed E-state index contributed by atoms with van der Waals surface area (Å²) in [5.74, 6) is -1.10. The smallest absolute Gasteiger partial charge is 0.331 e. The zero-order valence-corrected chi connectivity index (χ0v) is 22.6. The van der Waals surface area contributed by atoms with E-state index >= 15 is 0 Å². The summed E-state index contributed by atoms with van der Waals surface area (Å²) in [6.07, 6.45) is 0.248. The van der Waals surface area contributed by atoms with E-state index in [0.717, 1.165) is 11.9 Å². The Hall–Kier alpha value is -1.40. The maximum absolute atomic E-state index is 13.0. The number of carbonyl (C=O) groups excluding carboxylic acids is 2. The average molecular weight is 551 g/mol. The lowest BCUT2D eigenvalue weighted by molar-refractivity contribution is -0.310. The number of ether oxygens (including phenoxy) is 3. The lowest BCUT2D eigenvalue weighted by Crippen LogP contribution is -2.67. The van der Waals surface area contributed by atoms with Crippen LogP contribution in [0.1, 0.15) is 65.2 Å². The van der Waals surface area contributed by atoms with Crippen LogP contribution in [0.4, 0.5) is 0 Å². The maximum atomic E-state index is 13.0. The Morgan fingerprint density at radius 3 is 2.51 bits per heavy atom. The predicted molar refractivity (Wildman–Crippen MR) is 135 cm³/mol. The number of hydrogen-bond acceptors (Lipinski definition) is 10. The summed E-state index contributed by atoms with van der Waals surface area (Å²) in [6, 6.07) is 0. The minimum absolute atomic E-state index is 0.0585. The number of rotatable bonds is 4. The van der Waals surface area contributed by atoms with Crippen molar-refractivity contribution in [3.05, 3.63) is 11.6 Å². The number of esters is 1. The van der Waals surface area contributed by atoms with E-state index in [1.165, 1.54) is 0 Å². The van der Waals surface area contributed by atoms with Gasteiger partial charge in [0, 0.05) is 22.8 Å². The fraction of sp³-hybridized carbons (Fsp3) is 0.862. The van der Waals surface area contributed by atoms with Crippen LogP contribution in [-0.4, -0.2) is 92.9 Å². The number of fused-ring (bicyclic) bond motifs is 5. The highest BCUT2D eigenvalue weighted by atomic mass is 16.7. The summed E-state index contributed by atoms with van der Waals surface area (Å²) in [6.45, 7) is 3.87. The van der Waals surface area contributed by atoms with Gasteiger partial charge in [-0.15, -0.1) is 0 Å². The molecule has 2 heterocycles. The van der Waals surface area contributed by atoms with Crippen molar-refractivity contribution in [1.29, 1.82) is 0 Å². The average Bonchev–Trinajstić information content (AvgIpc) is 3.45. The van der Waals surface area contributed by atoms with Gasteiger partial charge in [0.25, 0.3) is 0 Å². The number of hydrogen-bond donors (Lipinski definition) is 5. The van der Waals surface area contributed by atoms with Crippen molar-refractivity contribution in [3.63, 3.8) is 0 Å². The third kappa shape index (κ3) is 3.93. The molecule has 2 aliphatic heterocycles. The minimum Gasteiger partial charge on any atom is -0.458 e. The van der Waals surface area contributed by atoms with Crippen molar-refractivity contribution < 1.29 is 49.3 Å². The monoisotopic (exact) mass is 550 g/mol. The van der Waals surface area contributed by atoms with Crippen LogP contribution in [0.3, 0.4) is 0 Å². The fourth-order valence-corrected chi connectivity index (χ4v) is 9.81. The summed E-state index contributed by atoms with van der Waals surface area (Å²) < 4.78 is 16.9. The largest absolute Gasteiger partial charge is 0.458 e. The van der Waals surface area contributed by atoms with Crippen LogP contribution in [-0.2, 0) is 23.8 Å². The summed E-state index contributed by atoms with van der Waals surface area (Å²) in [7, 11) is 0. The van der Waals surface area contributed by atoms with Crippen molar-refractivity contribution in [1.82, 2.24) is 0 Å². The first-order valence-electron chi connectivity index (χ1n) is 14.5. The molecule has 0 spiro atoms. The van der Waals surface area contributed by atoms with Crippen LogP contribution in [0.25, 0.3) is 0 Å². The molecule has 0 radical (unpaired) electrons. The van der Waals surface area contributed by atoms with Crippen molar-refractivity contribution >= 4 is 12.3 Å². The van der Waals surface area contributed by atoms with Gasteiger partial charge in [-0.2, -0.15) is 0 Å². The molecule has 0 aromatic rings. The number of aliphatic hydroxyl groups is 5. The Morgan fingerprint density at radius 1 is 1.05 bits per heavy atom. The molecule has 10 nitrogen and oxygen atoms in total. The molecule has 0 aromatic carbocycles. The van der Waals surface area contributed by atoms with Crippen LogP contribution < -0.4 is 0 Å². The van der Waals surface area contributed by atoms with E-state index in [1.54, 1.807) is 13.0 Å². The van der Waals surface area contributed by atoms with Crippen LogP contribution in [0.15, 0.2) is 11.6 Å². The molecule has 0 aromatic heterocycles. The van der Waals surface area contributed by atoms with E-state index in [2.05, 4.69) is 0 Å². The molecule has 6 aliphatic rings. The molecular formula is C29H42O10. The van der Waals surface area contributed by atoms with E-state index < -0.39 is 53.2 Å². The predicted octanol–water partition coefficient (Wildman–Crippen LogP) is 0.606. The number of aldehydes is 1. The highest BCUT2D eigenvalue weighted by molar-refractivity contribution is 5.85. The highest BCUT2D eigenvalue weighted by Crippen LogP contribution is 2.69. The molecular weight excluding hydrogens is 508 g/mol. The summed E-state index contributed by atoms with van der Waals surface area (Å²) in [4.78, 5) is 24.7. The Morgan fingerprint density at radius 2 is 1.82 bits per heavy atom. The first-order chi connectivity index (χ1) is 18.4. The third-order valence-corrected chi connectivity index (χ3v) is 11.8. The van der Waals surface area contributed by atoms with Crippen molar-refractivity contribution in [3.8, 4) is 0 Å². The Labute approximate surface area is 228 Å². The standard InChI is InChI=1S/C29H42O10/c1-14-23(33)24(34)25(35)26(38-14)39-17-5-7-28(13-30)16(10-17)3-4-19-22(28)20(31)11-27(2)18(6-8-29(19,27)36)15-9-21(32)37-12-15/h9,13-14,16-20,22-26,31,33-36H,3-8,10-12H2,1-2H3/t14-,16-,17+,18-,19+,20-,22-,23+,24-,25-,26+,27-,28-,29+/m1/s1.